The van der Waals surface area contributed by atoms with Gasteiger partial charge in [-0.2, -0.15) is 13.2 Å². The zero-order valence-corrected chi connectivity index (χ0v) is 17.8. The van der Waals surface area contributed by atoms with Gasteiger partial charge in [-0.15, -0.1) is 0 Å². The molecule has 0 saturated carbocycles. The number of halogens is 3. The molecule has 172 valence electrons. The number of methoxy groups -OCH3 is 1. The van der Waals surface area contributed by atoms with E-state index in [1.165, 1.54) is 18.2 Å². The summed E-state index contributed by atoms with van der Waals surface area (Å²) >= 11 is 0. The maximum Gasteiger partial charge on any atom is 0.416 e. The highest BCUT2D eigenvalue weighted by Gasteiger charge is 2.30. The lowest BCUT2D eigenvalue weighted by Crippen LogP contribution is -2.30. The second-order valence-electron chi connectivity index (χ2n) is 7.14. The number of ether oxygens (including phenoxy) is 2. The number of nitrogens with one attached hydrogen (secondary N) is 1. The molecule has 3 aromatic carbocycles. The van der Waals surface area contributed by atoms with Gasteiger partial charge in [-0.05, 0) is 53.4 Å². The minimum absolute atomic E-state index is 0.156. The molecule has 0 aliphatic rings. The Morgan fingerprint density at radius 1 is 0.909 bits per heavy atom. The fourth-order valence-corrected chi connectivity index (χ4v) is 3.15. The van der Waals surface area contributed by atoms with E-state index in [2.05, 4.69) is 5.32 Å². The first kappa shape index (κ1) is 23.8. The van der Waals surface area contributed by atoms with Gasteiger partial charge in [0.1, 0.15) is 5.75 Å². The first-order valence-electron chi connectivity index (χ1n) is 10.1. The van der Waals surface area contributed by atoms with Gasteiger partial charge in [-0.1, -0.05) is 42.5 Å². The van der Waals surface area contributed by atoms with Gasteiger partial charge >= 0.3 is 12.1 Å². The standard InChI is InChI=1S/C25H22F3NO4/c1-32-20-12-6-17(7-13-20)14-15-29-23(30)16-33-24(31)22-5-3-2-4-21(22)18-8-10-19(11-9-18)25(26,27)28/h2-13H,14-16H2,1H3,(H,29,30). The lowest BCUT2D eigenvalue weighted by Gasteiger charge is -2.12. The molecule has 0 fully saturated rings. The van der Waals surface area contributed by atoms with E-state index in [-0.39, 0.29) is 5.56 Å². The summed E-state index contributed by atoms with van der Waals surface area (Å²) in [6.45, 7) is -0.104. The van der Waals surface area contributed by atoms with E-state index in [4.69, 9.17) is 9.47 Å². The summed E-state index contributed by atoms with van der Waals surface area (Å²) in [6.07, 6.45) is -3.85. The van der Waals surface area contributed by atoms with Crippen LogP contribution in [0.2, 0.25) is 0 Å². The lowest BCUT2D eigenvalue weighted by molar-refractivity contribution is -0.137. The van der Waals surface area contributed by atoms with Crippen molar-refractivity contribution >= 4 is 11.9 Å². The highest BCUT2D eigenvalue weighted by molar-refractivity contribution is 5.98. The van der Waals surface area contributed by atoms with Crippen molar-refractivity contribution in [3.63, 3.8) is 0 Å². The molecule has 0 atom stereocenters. The quantitative estimate of drug-likeness (QED) is 0.489. The van der Waals surface area contributed by atoms with Gasteiger partial charge in [-0.25, -0.2) is 4.79 Å². The molecular formula is C25H22F3NO4. The zero-order chi connectivity index (χ0) is 23.8. The minimum Gasteiger partial charge on any atom is -0.497 e. The second kappa shape index (κ2) is 10.7. The van der Waals surface area contributed by atoms with Crippen LogP contribution in [0.1, 0.15) is 21.5 Å². The Balaban J connectivity index is 1.55. The highest BCUT2D eigenvalue weighted by atomic mass is 19.4. The van der Waals surface area contributed by atoms with E-state index in [0.29, 0.717) is 24.1 Å². The number of amides is 1. The Labute approximate surface area is 189 Å². The van der Waals surface area contributed by atoms with Crippen LogP contribution in [0.5, 0.6) is 5.75 Å². The minimum atomic E-state index is -4.45. The van der Waals surface area contributed by atoms with Gasteiger partial charge in [0, 0.05) is 6.54 Å². The van der Waals surface area contributed by atoms with Crippen molar-refractivity contribution in [2.75, 3.05) is 20.3 Å². The maximum absolute atomic E-state index is 12.8. The normalized spacial score (nSPS) is 11.0. The molecule has 8 heteroatoms. The lowest BCUT2D eigenvalue weighted by atomic mass is 9.98. The highest BCUT2D eigenvalue weighted by Crippen LogP contribution is 2.32. The van der Waals surface area contributed by atoms with Gasteiger partial charge in [0.2, 0.25) is 0 Å². The summed E-state index contributed by atoms with van der Waals surface area (Å²) in [4.78, 5) is 24.6. The van der Waals surface area contributed by atoms with Gasteiger partial charge in [0.05, 0.1) is 18.2 Å². The van der Waals surface area contributed by atoms with E-state index in [1.807, 2.05) is 24.3 Å². The third-order valence-corrected chi connectivity index (χ3v) is 4.90. The molecule has 0 aliphatic heterocycles. The molecular weight excluding hydrogens is 435 g/mol. The largest absolute Gasteiger partial charge is 0.497 e. The van der Waals surface area contributed by atoms with Gasteiger partial charge < -0.3 is 14.8 Å². The molecule has 0 spiro atoms. The van der Waals surface area contributed by atoms with Crippen LogP contribution >= 0.6 is 0 Å². The zero-order valence-electron chi connectivity index (χ0n) is 17.8. The topological polar surface area (TPSA) is 64.6 Å². The number of hydrogen-bond donors (Lipinski definition) is 1. The van der Waals surface area contributed by atoms with Crippen LogP contribution in [0.4, 0.5) is 13.2 Å². The summed E-state index contributed by atoms with van der Waals surface area (Å²) in [5.41, 5.74) is 1.23. The van der Waals surface area contributed by atoms with Crippen LogP contribution in [0.3, 0.4) is 0 Å². The smallest absolute Gasteiger partial charge is 0.416 e. The van der Waals surface area contributed by atoms with Crippen LogP contribution in [0.25, 0.3) is 11.1 Å². The third-order valence-electron chi connectivity index (χ3n) is 4.90. The fourth-order valence-electron chi connectivity index (χ4n) is 3.15. The Kier molecular flexibility index (Phi) is 7.71. The molecule has 0 saturated heterocycles. The summed E-state index contributed by atoms with van der Waals surface area (Å²) in [7, 11) is 1.58. The van der Waals surface area contributed by atoms with Gasteiger partial charge in [0.25, 0.3) is 5.91 Å². The number of carbonyl (C=O) groups excluding carboxylic acids is 2. The molecule has 0 aliphatic carbocycles. The van der Waals surface area contributed by atoms with Crippen molar-refractivity contribution in [3.05, 3.63) is 89.5 Å². The van der Waals surface area contributed by atoms with E-state index in [1.54, 1.807) is 25.3 Å². The summed E-state index contributed by atoms with van der Waals surface area (Å²) in [5.74, 6) is -0.453. The molecule has 33 heavy (non-hydrogen) atoms. The first-order valence-corrected chi connectivity index (χ1v) is 10.1. The van der Waals surface area contributed by atoms with Crippen molar-refractivity contribution in [1.82, 2.24) is 5.32 Å². The Hall–Kier alpha value is -3.81. The molecule has 5 nitrogen and oxygen atoms in total. The molecule has 0 aromatic heterocycles. The van der Waals surface area contributed by atoms with Crippen molar-refractivity contribution in [1.29, 1.82) is 0 Å². The van der Waals surface area contributed by atoms with Crippen LogP contribution in [0.15, 0.2) is 72.8 Å². The number of carbonyl (C=O) groups is 2. The predicted molar refractivity (Wildman–Crippen MR) is 117 cm³/mol. The van der Waals surface area contributed by atoms with E-state index < -0.39 is 30.2 Å². The molecule has 3 aromatic rings. The Morgan fingerprint density at radius 3 is 2.21 bits per heavy atom. The van der Waals surface area contributed by atoms with Crippen molar-refractivity contribution in [2.45, 2.75) is 12.6 Å². The number of alkyl halides is 3. The maximum atomic E-state index is 12.8. The summed E-state index contributed by atoms with van der Waals surface area (Å²) < 4.78 is 48.6. The van der Waals surface area contributed by atoms with Gasteiger partial charge in [0.15, 0.2) is 6.61 Å². The molecule has 0 bridgehead atoms. The Bertz CT molecular complexity index is 1090. The molecule has 1 N–H and O–H groups in total. The van der Waals surface area contributed by atoms with Crippen LogP contribution in [0, 0.1) is 0 Å². The van der Waals surface area contributed by atoms with E-state index in [0.717, 1.165) is 23.4 Å². The fraction of sp³-hybridized carbons (Fsp3) is 0.200. The average molecular weight is 457 g/mol. The van der Waals surface area contributed by atoms with E-state index >= 15 is 0 Å². The number of benzene rings is 3. The van der Waals surface area contributed by atoms with Crippen LogP contribution in [-0.4, -0.2) is 32.1 Å². The van der Waals surface area contributed by atoms with Gasteiger partial charge in [-0.3, -0.25) is 4.79 Å². The number of esters is 1. The number of rotatable bonds is 8. The molecule has 0 radical (unpaired) electrons. The number of hydrogen-bond acceptors (Lipinski definition) is 4. The Morgan fingerprint density at radius 2 is 1.58 bits per heavy atom. The first-order chi connectivity index (χ1) is 15.8. The summed E-state index contributed by atoms with van der Waals surface area (Å²) in [5, 5.41) is 2.68. The molecule has 0 heterocycles. The monoisotopic (exact) mass is 457 g/mol. The second-order valence-corrected chi connectivity index (χ2v) is 7.14. The van der Waals surface area contributed by atoms with Crippen LogP contribution < -0.4 is 10.1 Å². The van der Waals surface area contributed by atoms with Crippen molar-refractivity contribution in [3.8, 4) is 16.9 Å². The SMILES string of the molecule is COc1ccc(CCNC(=O)COC(=O)c2ccccc2-c2ccc(C(F)(F)F)cc2)cc1. The molecule has 1 amide bonds. The van der Waals surface area contributed by atoms with Crippen LogP contribution in [-0.2, 0) is 22.1 Å². The average Bonchev–Trinajstić information content (AvgIpc) is 2.82. The third kappa shape index (κ3) is 6.58. The van der Waals surface area contributed by atoms with E-state index in [9.17, 15) is 22.8 Å². The molecule has 3 rings (SSSR count). The predicted octanol–water partition coefficient (Wildman–Crippen LogP) is 4.90. The van der Waals surface area contributed by atoms with Crippen molar-refractivity contribution in [2.24, 2.45) is 0 Å². The molecule has 0 unspecified atom stereocenters. The summed E-state index contributed by atoms with van der Waals surface area (Å²) in [6, 6.07) is 18.3. The van der Waals surface area contributed by atoms with Crippen molar-refractivity contribution < 1.29 is 32.2 Å².